The van der Waals surface area contributed by atoms with Crippen LogP contribution in [0, 0.1) is 0 Å². The van der Waals surface area contributed by atoms with E-state index in [1.807, 2.05) is 84.9 Å². The van der Waals surface area contributed by atoms with Crippen molar-refractivity contribution in [1.82, 2.24) is 25.5 Å². The highest BCUT2D eigenvalue weighted by atomic mass is 16.6. The molecule has 0 fully saturated rings. The van der Waals surface area contributed by atoms with Crippen molar-refractivity contribution < 1.29 is 57.3 Å². The first-order chi connectivity index (χ1) is 50.5. The average molecular weight is 1420 g/mol. The lowest BCUT2D eigenvalue weighted by atomic mass is 10.0. The minimum absolute atomic E-state index is 0.103. The van der Waals surface area contributed by atoms with Crippen molar-refractivity contribution in [2.75, 3.05) is 45.5 Å². The fourth-order valence-corrected chi connectivity index (χ4v) is 12.3. The summed E-state index contributed by atoms with van der Waals surface area (Å²) < 4.78 is 22.7. The number of anilines is 6. The highest BCUT2D eigenvalue weighted by Crippen LogP contribution is 2.36. The van der Waals surface area contributed by atoms with Gasteiger partial charge in [0.25, 0.3) is 17.7 Å². The lowest BCUT2D eigenvalue weighted by molar-refractivity contribution is 0.0624. The van der Waals surface area contributed by atoms with E-state index in [0.29, 0.717) is 64.0 Å². The number of nitrogen functional groups attached to an aromatic ring is 1. The minimum Gasteiger partial charge on any atom is -0.450 e. The largest absolute Gasteiger partial charge is 0.450 e. The second kappa shape index (κ2) is 35.6. The van der Waals surface area contributed by atoms with Crippen LogP contribution in [0.3, 0.4) is 0 Å². The quantitative estimate of drug-likeness (QED) is 0.0207. The summed E-state index contributed by atoms with van der Waals surface area (Å²) in [5.41, 5.74) is 17.6. The van der Waals surface area contributed by atoms with E-state index in [9.17, 15) is 38.4 Å². The Morgan fingerprint density at radius 1 is 0.429 bits per heavy atom. The molecule has 23 heteroatoms. The van der Waals surface area contributed by atoms with E-state index >= 15 is 0 Å². The minimum atomic E-state index is -0.640. The number of ether oxygens (including phenoxy) is 4. The van der Waals surface area contributed by atoms with Gasteiger partial charge in [0.1, 0.15) is 17.5 Å². The van der Waals surface area contributed by atoms with Gasteiger partial charge < -0.3 is 56.6 Å². The summed E-state index contributed by atoms with van der Waals surface area (Å²) in [4.78, 5) is 104. The van der Waals surface area contributed by atoms with E-state index in [1.165, 1.54) is 22.0 Å². The molecule has 1 heterocycles. The van der Waals surface area contributed by atoms with Gasteiger partial charge in [0.2, 0.25) is 0 Å². The third kappa shape index (κ3) is 22.4. The van der Waals surface area contributed by atoms with Gasteiger partial charge in [-0.25, -0.2) is 29.0 Å². The van der Waals surface area contributed by atoms with Gasteiger partial charge in [-0.3, -0.25) is 29.6 Å². The van der Waals surface area contributed by atoms with E-state index < -0.39 is 35.6 Å². The molecule has 3 atom stereocenters. The van der Waals surface area contributed by atoms with Crippen molar-refractivity contribution in [3.05, 3.63) is 268 Å². The molecule has 9 aromatic rings. The predicted molar refractivity (Wildman–Crippen MR) is 404 cm³/mol. The number of benzene rings is 8. The van der Waals surface area contributed by atoms with Gasteiger partial charge in [-0.2, -0.15) is 0 Å². The molecular formula is C82H89N11O12. The maximum Gasteiger partial charge on any atom is 0.412 e. The molecule has 23 nitrogen and oxygen atoms in total. The number of alkyl carbamates (subject to hydrolysis) is 2. The Morgan fingerprint density at radius 3 is 1.15 bits per heavy atom. The number of amides is 8. The molecule has 0 saturated carbocycles. The zero-order chi connectivity index (χ0) is 74.5. The zero-order valence-electron chi connectivity index (χ0n) is 59.7. The van der Waals surface area contributed by atoms with Gasteiger partial charge in [-0.1, -0.05) is 115 Å². The summed E-state index contributed by atoms with van der Waals surface area (Å²) in [6.45, 7) is 11.4. The molecule has 0 aliphatic heterocycles. The van der Waals surface area contributed by atoms with Crippen molar-refractivity contribution >= 4 is 82.2 Å². The fourth-order valence-electron chi connectivity index (χ4n) is 12.3. The second-order valence-electron chi connectivity index (χ2n) is 27.5. The summed E-state index contributed by atoms with van der Waals surface area (Å²) in [6.07, 6.45) is 10.4. The van der Waals surface area contributed by atoms with Crippen molar-refractivity contribution in [2.45, 2.75) is 135 Å². The lowest BCUT2D eigenvalue weighted by Crippen LogP contribution is -2.30. The van der Waals surface area contributed by atoms with Crippen molar-refractivity contribution in [2.24, 2.45) is 0 Å². The summed E-state index contributed by atoms with van der Waals surface area (Å²) >= 11 is 0. The van der Waals surface area contributed by atoms with E-state index in [1.54, 1.807) is 133 Å². The number of carbonyl (C=O) groups excluding carboxylic acids is 8. The number of rotatable bonds is 19. The first-order valence-electron chi connectivity index (χ1n) is 35.1. The SMILES string of the molecule is CC(C)(C)OC(=O)Nc1ccccc1NC(=O)c1ccc2c(c1)CCC2NC(=O)OCCCc1ccccc1.CC(C)(C)OC(=O)Nc1ccccc1NC(=O)c1ccc2c(c1)CCC2NC(=O)n1ccnc1.Nc1ccccc1NC(=O)c1ccc2c(c1)CCC2NC(=O)OCCCc1ccccc1. The number of nitrogens with one attached hydrogen (secondary N) is 8. The number of hydrogen-bond acceptors (Lipinski definition) is 14. The fraction of sp³-hybridized carbons (Fsp3) is 0.280. The van der Waals surface area contributed by atoms with Gasteiger partial charge in [0.15, 0.2) is 0 Å². The number of para-hydroxylation sites is 6. The lowest BCUT2D eigenvalue weighted by Gasteiger charge is -2.20. The highest BCUT2D eigenvalue weighted by molar-refractivity contribution is 6.08. The molecule has 0 spiro atoms. The van der Waals surface area contributed by atoms with Crippen molar-refractivity contribution in [3.63, 3.8) is 0 Å². The van der Waals surface area contributed by atoms with Crippen LogP contribution in [0.4, 0.5) is 58.1 Å². The summed E-state index contributed by atoms with van der Waals surface area (Å²) in [6, 6.07) is 57.1. The van der Waals surface area contributed by atoms with Gasteiger partial charge in [0.05, 0.1) is 65.5 Å². The normalized spacial score (nSPS) is 14.4. The number of fused-ring (bicyclic) bond motifs is 3. The number of imidazole rings is 1. The van der Waals surface area contributed by atoms with Crippen LogP contribution in [0.5, 0.6) is 0 Å². The zero-order valence-corrected chi connectivity index (χ0v) is 59.7. The number of hydrogen-bond donors (Lipinski definition) is 9. The van der Waals surface area contributed by atoms with Crippen LogP contribution in [0.2, 0.25) is 0 Å². The Morgan fingerprint density at radius 2 is 0.781 bits per heavy atom. The molecule has 12 rings (SSSR count). The third-order valence-corrected chi connectivity index (χ3v) is 17.3. The molecule has 3 aliphatic carbocycles. The van der Waals surface area contributed by atoms with Crippen LogP contribution in [-0.4, -0.2) is 82.1 Å². The topological polar surface area (TPSA) is 314 Å². The molecule has 544 valence electrons. The number of aryl methyl sites for hydroxylation is 5. The smallest absolute Gasteiger partial charge is 0.412 e. The maximum atomic E-state index is 13.0. The molecule has 8 aromatic carbocycles. The Bertz CT molecular complexity index is 4540. The number of nitrogens with zero attached hydrogens (tertiary/aromatic N) is 2. The van der Waals surface area contributed by atoms with Crippen molar-refractivity contribution in [1.29, 1.82) is 0 Å². The molecule has 0 saturated heterocycles. The Kier molecular flexibility index (Phi) is 25.5. The molecule has 1 aromatic heterocycles. The van der Waals surface area contributed by atoms with Gasteiger partial charge in [-0.05, 0) is 223 Å². The van der Waals surface area contributed by atoms with Crippen LogP contribution < -0.4 is 48.3 Å². The number of carbonyl (C=O) groups is 8. The summed E-state index contributed by atoms with van der Waals surface area (Å²) in [7, 11) is 0. The molecule has 10 N–H and O–H groups in total. The van der Waals surface area contributed by atoms with E-state index in [-0.39, 0.29) is 41.9 Å². The van der Waals surface area contributed by atoms with E-state index in [0.717, 1.165) is 97.6 Å². The van der Waals surface area contributed by atoms with E-state index in [2.05, 4.69) is 71.8 Å². The summed E-state index contributed by atoms with van der Waals surface area (Å²) in [5, 5.41) is 22.8. The molecule has 105 heavy (non-hydrogen) atoms. The van der Waals surface area contributed by atoms with Crippen LogP contribution >= 0.6 is 0 Å². The molecular weight excluding hydrogens is 1330 g/mol. The Labute approximate surface area is 610 Å². The highest BCUT2D eigenvalue weighted by Gasteiger charge is 2.30. The monoisotopic (exact) mass is 1420 g/mol. The van der Waals surface area contributed by atoms with Crippen LogP contribution in [0.25, 0.3) is 0 Å². The average Bonchev–Trinajstić information content (AvgIpc) is 1.69. The molecule has 3 unspecified atom stereocenters. The Hall–Kier alpha value is -12.3. The molecule has 8 amide bonds. The molecule has 0 radical (unpaired) electrons. The molecule has 0 bridgehead atoms. The van der Waals surface area contributed by atoms with Crippen LogP contribution in [-0.2, 0) is 51.1 Å². The molecule has 3 aliphatic rings. The van der Waals surface area contributed by atoms with Crippen molar-refractivity contribution in [3.8, 4) is 0 Å². The first kappa shape index (κ1) is 75.4. The standard InChI is InChI=1S/C31H35N3O5.C26H27N3O3.C25H27N5O4/c1-31(2,3)39-30(37)34-27-14-8-7-13-26(27)32-28(35)23-15-17-24-22(20-23)16-18-25(24)33-29(36)38-19-9-12-21-10-5-4-6-11-21;27-22-10-4-5-11-24(22)28-25(30)20-12-14-21-19(17-20)13-15-23(21)29-26(31)32-16-6-9-18-7-2-1-3-8-18;1-25(2,3)34-24(33)29-21-7-5-4-6-20(21)27-22(31)17-8-10-18-16(14-17)9-11-19(18)28-23(32)30-13-12-26-15-30/h4-8,10-11,13-15,17,20,25H,9,12,16,18-19H2,1-3H3,(H,32,35)(H,33,36)(H,34,37);1-5,7-8,10-12,14,17,23H,6,9,13,15-16,27H2,(H,28,30)(H,29,31);4-8,10,12-15,19H,9,11H2,1-3H3,(H,27,31)(H,28,32)(H,29,33). The van der Waals surface area contributed by atoms with Gasteiger partial charge >= 0.3 is 30.4 Å². The van der Waals surface area contributed by atoms with Crippen LogP contribution in [0.15, 0.2) is 207 Å². The van der Waals surface area contributed by atoms with Crippen LogP contribution in [0.1, 0.15) is 167 Å². The van der Waals surface area contributed by atoms with Gasteiger partial charge in [0, 0.05) is 29.1 Å². The number of aromatic nitrogens is 2. The third-order valence-electron chi connectivity index (χ3n) is 17.3. The summed E-state index contributed by atoms with van der Waals surface area (Å²) in [5.74, 6) is -0.808. The van der Waals surface area contributed by atoms with Gasteiger partial charge in [-0.15, -0.1) is 0 Å². The Balaban J connectivity index is 0.000000170. The number of nitrogens with two attached hydrogens (primary N) is 1. The second-order valence-corrected chi connectivity index (χ2v) is 27.5. The van der Waals surface area contributed by atoms with E-state index in [4.69, 9.17) is 24.7 Å². The first-order valence-corrected chi connectivity index (χ1v) is 35.1. The predicted octanol–water partition coefficient (Wildman–Crippen LogP) is 16.2. The maximum absolute atomic E-state index is 13.0.